The monoisotopic (exact) mass is 220 g/mol. The van der Waals surface area contributed by atoms with E-state index in [4.69, 9.17) is 4.42 Å². The second-order valence-electron chi connectivity index (χ2n) is 4.73. The van der Waals surface area contributed by atoms with Gasteiger partial charge < -0.3 is 9.32 Å². The average molecular weight is 220 g/mol. The van der Waals surface area contributed by atoms with Gasteiger partial charge in [-0.1, -0.05) is 0 Å². The number of likely N-dealkylation sites (tertiary alicyclic amines) is 2. The van der Waals surface area contributed by atoms with Crippen molar-refractivity contribution >= 4 is 5.91 Å². The Morgan fingerprint density at radius 1 is 1.50 bits per heavy atom. The molecule has 2 fully saturated rings. The molecule has 0 saturated carbocycles. The standard InChI is InChI=1S/C12H16N2O2/c1-13-10-2-4-14(11(10)6-12(13)15)7-9-3-5-16-8-9/h3,5,8,10-11H,2,4,6-7H2,1H3/t10-,11-/m1/s1. The van der Waals surface area contributed by atoms with Crippen molar-refractivity contribution in [1.29, 1.82) is 0 Å². The molecule has 1 aromatic rings. The van der Waals surface area contributed by atoms with Crippen molar-refractivity contribution in [1.82, 2.24) is 9.80 Å². The first kappa shape index (κ1) is 9.90. The number of amides is 1. The molecule has 0 N–H and O–H groups in total. The second kappa shape index (κ2) is 3.63. The molecule has 86 valence electrons. The molecule has 0 bridgehead atoms. The topological polar surface area (TPSA) is 36.7 Å². The van der Waals surface area contributed by atoms with Gasteiger partial charge in [0.25, 0.3) is 0 Å². The van der Waals surface area contributed by atoms with Crippen molar-refractivity contribution in [2.75, 3.05) is 13.6 Å². The minimum atomic E-state index is 0.284. The summed E-state index contributed by atoms with van der Waals surface area (Å²) in [4.78, 5) is 15.9. The summed E-state index contributed by atoms with van der Waals surface area (Å²) >= 11 is 0. The Morgan fingerprint density at radius 2 is 2.38 bits per heavy atom. The highest BCUT2D eigenvalue weighted by Crippen LogP contribution is 2.32. The molecule has 3 heterocycles. The summed E-state index contributed by atoms with van der Waals surface area (Å²) in [7, 11) is 1.92. The van der Waals surface area contributed by atoms with Gasteiger partial charge in [-0.3, -0.25) is 9.69 Å². The Labute approximate surface area is 94.8 Å². The van der Waals surface area contributed by atoms with Gasteiger partial charge in [0, 0.05) is 44.2 Å². The zero-order valence-corrected chi connectivity index (χ0v) is 9.43. The Hall–Kier alpha value is -1.29. The summed E-state index contributed by atoms with van der Waals surface area (Å²) < 4.78 is 5.07. The van der Waals surface area contributed by atoms with Crippen molar-refractivity contribution in [3.05, 3.63) is 24.2 Å². The first-order valence-corrected chi connectivity index (χ1v) is 5.76. The van der Waals surface area contributed by atoms with Crippen LogP contribution in [0.1, 0.15) is 18.4 Å². The van der Waals surface area contributed by atoms with E-state index in [1.165, 1.54) is 5.56 Å². The van der Waals surface area contributed by atoms with Gasteiger partial charge >= 0.3 is 0 Å². The summed E-state index contributed by atoms with van der Waals surface area (Å²) in [5.41, 5.74) is 1.20. The number of fused-ring (bicyclic) bond motifs is 1. The number of rotatable bonds is 2. The van der Waals surface area contributed by atoms with Crippen LogP contribution in [0.15, 0.2) is 23.0 Å². The van der Waals surface area contributed by atoms with E-state index in [0.717, 1.165) is 19.5 Å². The van der Waals surface area contributed by atoms with E-state index in [1.54, 1.807) is 12.5 Å². The largest absolute Gasteiger partial charge is 0.472 e. The quantitative estimate of drug-likeness (QED) is 0.748. The zero-order chi connectivity index (χ0) is 11.1. The van der Waals surface area contributed by atoms with E-state index >= 15 is 0 Å². The van der Waals surface area contributed by atoms with Crippen molar-refractivity contribution in [3.63, 3.8) is 0 Å². The Morgan fingerprint density at radius 3 is 3.12 bits per heavy atom. The Bertz CT molecular complexity index is 388. The molecule has 4 heteroatoms. The fraction of sp³-hybridized carbons (Fsp3) is 0.583. The van der Waals surface area contributed by atoms with Crippen LogP contribution in [-0.4, -0.2) is 41.4 Å². The molecule has 3 rings (SSSR count). The van der Waals surface area contributed by atoms with E-state index in [0.29, 0.717) is 18.5 Å². The van der Waals surface area contributed by atoms with Crippen LogP contribution < -0.4 is 0 Å². The number of hydrogen-bond donors (Lipinski definition) is 0. The van der Waals surface area contributed by atoms with Gasteiger partial charge in [-0.15, -0.1) is 0 Å². The number of nitrogens with zero attached hydrogens (tertiary/aromatic N) is 2. The molecule has 0 aliphatic carbocycles. The normalized spacial score (nSPS) is 30.1. The Kier molecular flexibility index (Phi) is 2.24. The molecule has 16 heavy (non-hydrogen) atoms. The second-order valence-corrected chi connectivity index (χ2v) is 4.73. The number of likely N-dealkylation sites (N-methyl/N-ethyl adjacent to an activating group) is 1. The number of furan rings is 1. The third-order valence-electron chi connectivity index (χ3n) is 3.87. The predicted molar refractivity (Wildman–Crippen MR) is 58.7 cm³/mol. The summed E-state index contributed by atoms with van der Waals surface area (Å²) in [5.74, 6) is 0.284. The summed E-state index contributed by atoms with van der Waals surface area (Å²) in [6.07, 6.45) is 5.27. The lowest BCUT2D eigenvalue weighted by Crippen LogP contribution is -2.34. The molecule has 2 atom stereocenters. The fourth-order valence-electron chi connectivity index (χ4n) is 2.94. The highest BCUT2D eigenvalue weighted by molar-refractivity contribution is 5.79. The van der Waals surface area contributed by atoms with Gasteiger partial charge in [0.15, 0.2) is 0 Å². The molecule has 1 aromatic heterocycles. The summed E-state index contributed by atoms with van der Waals surface area (Å²) in [6, 6.07) is 2.83. The van der Waals surface area contributed by atoms with Crippen molar-refractivity contribution < 1.29 is 9.21 Å². The highest BCUT2D eigenvalue weighted by Gasteiger charge is 2.44. The molecule has 0 spiro atoms. The minimum Gasteiger partial charge on any atom is -0.472 e. The van der Waals surface area contributed by atoms with Crippen molar-refractivity contribution in [2.24, 2.45) is 0 Å². The number of carbonyl (C=O) groups excluding carboxylic acids is 1. The minimum absolute atomic E-state index is 0.284. The van der Waals surface area contributed by atoms with Gasteiger partial charge in [0.05, 0.1) is 12.5 Å². The van der Waals surface area contributed by atoms with Crippen molar-refractivity contribution in [2.45, 2.75) is 31.5 Å². The van der Waals surface area contributed by atoms with E-state index in [9.17, 15) is 4.79 Å². The molecule has 2 aliphatic heterocycles. The van der Waals surface area contributed by atoms with Crippen LogP contribution >= 0.6 is 0 Å². The molecule has 2 aliphatic rings. The van der Waals surface area contributed by atoms with Gasteiger partial charge in [-0.2, -0.15) is 0 Å². The smallest absolute Gasteiger partial charge is 0.224 e. The lowest BCUT2D eigenvalue weighted by molar-refractivity contribution is -0.127. The fourth-order valence-corrected chi connectivity index (χ4v) is 2.94. The van der Waals surface area contributed by atoms with Gasteiger partial charge in [0.1, 0.15) is 0 Å². The van der Waals surface area contributed by atoms with Crippen LogP contribution in [0.2, 0.25) is 0 Å². The van der Waals surface area contributed by atoms with Crippen molar-refractivity contribution in [3.8, 4) is 0 Å². The molecule has 0 radical (unpaired) electrons. The average Bonchev–Trinajstić information content (AvgIpc) is 2.93. The maximum Gasteiger partial charge on any atom is 0.224 e. The third-order valence-corrected chi connectivity index (χ3v) is 3.87. The van der Waals surface area contributed by atoms with Crippen LogP contribution in [0, 0.1) is 0 Å². The predicted octanol–water partition coefficient (Wildman–Crippen LogP) is 1.08. The van der Waals surface area contributed by atoms with Crippen LogP contribution in [0.4, 0.5) is 0 Å². The van der Waals surface area contributed by atoms with E-state index in [-0.39, 0.29) is 5.91 Å². The van der Waals surface area contributed by atoms with Gasteiger partial charge in [0.2, 0.25) is 5.91 Å². The lowest BCUT2D eigenvalue weighted by Gasteiger charge is -2.22. The summed E-state index contributed by atoms with van der Waals surface area (Å²) in [5, 5.41) is 0. The molecule has 0 unspecified atom stereocenters. The van der Waals surface area contributed by atoms with E-state index < -0.39 is 0 Å². The van der Waals surface area contributed by atoms with Gasteiger partial charge in [-0.05, 0) is 12.5 Å². The van der Waals surface area contributed by atoms with Gasteiger partial charge in [-0.25, -0.2) is 0 Å². The number of hydrogen-bond acceptors (Lipinski definition) is 3. The van der Waals surface area contributed by atoms with E-state index in [2.05, 4.69) is 4.90 Å². The maximum atomic E-state index is 11.6. The van der Waals surface area contributed by atoms with Crippen LogP contribution in [0.5, 0.6) is 0 Å². The van der Waals surface area contributed by atoms with Crippen LogP contribution in [0.25, 0.3) is 0 Å². The van der Waals surface area contributed by atoms with Crippen LogP contribution in [0.3, 0.4) is 0 Å². The van der Waals surface area contributed by atoms with Crippen LogP contribution in [-0.2, 0) is 11.3 Å². The highest BCUT2D eigenvalue weighted by atomic mass is 16.3. The SMILES string of the molecule is CN1C(=O)C[C@@H]2[C@H]1CCN2Cc1ccoc1. The summed E-state index contributed by atoms with van der Waals surface area (Å²) in [6.45, 7) is 1.98. The molecule has 0 aromatic carbocycles. The third kappa shape index (κ3) is 1.45. The molecule has 2 saturated heterocycles. The first-order valence-electron chi connectivity index (χ1n) is 5.76. The van der Waals surface area contributed by atoms with E-state index in [1.807, 2.05) is 18.0 Å². The Balaban J connectivity index is 1.72. The zero-order valence-electron chi connectivity index (χ0n) is 9.43. The molecule has 4 nitrogen and oxygen atoms in total. The first-order chi connectivity index (χ1) is 7.75. The molecular formula is C12H16N2O2. The molecular weight excluding hydrogens is 204 g/mol. The number of carbonyl (C=O) groups is 1. The lowest BCUT2D eigenvalue weighted by atomic mass is 10.1. The molecule has 1 amide bonds. The maximum absolute atomic E-state index is 11.6.